The van der Waals surface area contributed by atoms with Gasteiger partial charge in [0.05, 0.1) is 12.2 Å². The maximum absolute atomic E-state index is 12.1. The Kier molecular flexibility index (Phi) is 4.37. The Balaban J connectivity index is 2.11. The number of rotatable bonds is 4. The van der Waals surface area contributed by atoms with Crippen molar-refractivity contribution in [3.05, 3.63) is 28.7 Å². The van der Waals surface area contributed by atoms with Gasteiger partial charge in [-0.25, -0.2) is 4.79 Å². The van der Waals surface area contributed by atoms with E-state index < -0.39 is 0 Å². The van der Waals surface area contributed by atoms with Crippen molar-refractivity contribution in [2.24, 2.45) is 5.92 Å². The van der Waals surface area contributed by atoms with E-state index in [-0.39, 0.29) is 17.8 Å². The van der Waals surface area contributed by atoms with E-state index >= 15 is 0 Å². The van der Waals surface area contributed by atoms with Crippen LogP contribution in [0, 0.1) is 12.8 Å². The number of amides is 1. The zero-order valence-electron chi connectivity index (χ0n) is 11.1. The zero-order valence-corrected chi connectivity index (χ0v) is 11.9. The monoisotopic (exact) mass is 279 g/mol. The first-order chi connectivity index (χ1) is 9.11. The van der Waals surface area contributed by atoms with Crippen LogP contribution in [-0.2, 0) is 9.53 Å². The van der Waals surface area contributed by atoms with Crippen molar-refractivity contribution in [2.75, 3.05) is 11.9 Å². The van der Waals surface area contributed by atoms with Crippen LogP contribution in [-0.4, -0.2) is 18.5 Å². The summed E-state index contributed by atoms with van der Waals surface area (Å²) in [4.78, 5) is 24.8. The van der Waals surface area contributed by atoms with Crippen LogP contribution in [0.15, 0.2) is 18.2 Å². The summed E-state index contributed by atoms with van der Waals surface area (Å²) in [5.74, 6) is -0.429. The molecule has 0 spiro atoms. The van der Waals surface area contributed by atoms with Crippen LogP contribution in [0.3, 0.4) is 0 Å². The predicted octanol–water partition coefficient (Wildman–Crippen LogP) is 3.14. The van der Waals surface area contributed by atoms with Gasteiger partial charge in [0.1, 0.15) is 5.00 Å². The highest BCUT2D eigenvalue weighted by atomic mass is 32.1. The highest BCUT2D eigenvalue weighted by Crippen LogP contribution is 2.30. The number of carbonyl (C=O) groups excluding carboxylic acids is 2. The van der Waals surface area contributed by atoms with Crippen molar-refractivity contribution in [2.45, 2.75) is 26.7 Å². The number of ether oxygens (including phenoxy) is 1. The van der Waals surface area contributed by atoms with Gasteiger partial charge in [0.15, 0.2) is 0 Å². The quantitative estimate of drug-likeness (QED) is 0.680. The number of thiophene rings is 1. The second kappa shape index (κ2) is 6.02. The average Bonchev–Trinajstić information content (AvgIpc) is 2.98. The Morgan fingerprint density at radius 2 is 2.11 bits per heavy atom. The Morgan fingerprint density at radius 1 is 1.42 bits per heavy atom. The Morgan fingerprint density at radius 3 is 2.74 bits per heavy atom. The molecule has 4 nitrogen and oxygen atoms in total. The third-order valence-electron chi connectivity index (χ3n) is 2.97. The second-order valence-corrected chi connectivity index (χ2v) is 5.71. The molecule has 1 aromatic heterocycles. The van der Waals surface area contributed by atoms with Gasteiger partial charge in [-0.1, -0.05) is 12.2 Å². The highest BCUT2D eigenvalue weighted by Gasteiger charge is 2.23. The largest absolute Gasteiger partial charge is 0.462 e. The molecule has 1 N–H and O–H groups in total. The summed E-state index contributed by atoms with van der Waals surface area (Å²) in [5.41, 5.74) is 0.448. The molecule has 0 saturated heterocycles. The normalized spacial score (nSPS) is 14.6. The zero-order chi connectivity index (χ0) is 13.8. The summed E-state index contributed by atoms with van der Waals surface area (Å²) in [7, 11) is 0. The molecule has 0 bridgehead atoms. The summed E-state index contributed by atoms with van der Waals surface area (Å²) >= 11 is 1.40. The first-order valence-electron chi connectivity index (χ1n) is 6.35. The lowest BCUT2D eigenvalue weighted by Gasteiger charge is -2.10. The molecule has 19 heavy (non-hydrogen) atoms. The molecule has 0 aliphatic heterocycles. The molecule has 1 aromatic rings. The number of nitrogens with one attached hydrogen (secondary N) is 1. The number of allylic oxidation sites excluding steroid dienone is 2. The van der Waals surface area contributed by atoms with Crippen LogP contribution in [0.4, 0.5) is 5.00 Å². The minimum Gasteiger partial charge on any atom is -0.462 e. The van der Waals surface area contributed by atoms with Gasteiger partial charge < -0.3 is 10.1 Å². The van der Waals surface area contributed by atoms with Gasteiger partial charge in [-0.15, -0.1) is 11.3 Å². The molecule has 2 rings (SSSR count). The average molecular weight is 279 g/mol. The molecule has 0 saturated carbocycles. The van der Waals surface area contributed by atoms with E-state index in [2.05, 4.69) is 5.32 Å². The summed E-state index contributed by atoms with van der Waals surface area (Å²) in [6.45, 7) is 3.99. The molecular formula is C14H17NO3S. The van der Waals surface area contributed by atoms with E-state index in [0.717, 1.165) is 17.7 Å². The molecule has 102 valence electrons. The topological polar surface area (TPSA) is 55.4 Å². The van der Waals surface area contributed by atoms with Crippen LogP contribution >= 0.6 is 11.3 Å². The Hall–Kier alpha value is -1.62. The molecule has 0 aromatic carbocycles. The summed E-state index contributed by atoms with van der Waals surface area (Å²) in [6.07, 6.45) is 5.56. The lowest BCUT2D eigenvalue weighted by Crippen LogP contribution is -2.21. The molecule has 1 aliphatic carbocycles. The van der Waals surface area contributed by atoms with Gasteiger partial charge in [-0.05, 0) is 32.8 Å². The van der Waals surface area contributed by atoms with Gasteiger partial charge in [0.25, 0.3) is 0 Å². The fourth-order valence-electron chi connectivity index (χ4n) is 2.01. The van der Waals surface area contributed by atoms with E-state index in [1.807, 2.05) is 19.1 Å². The van der Waals surface area contributed by atoms with Gasteiger partial charge in [-0.3, -0.25) is 4.79 Å². The maximum atomic E-state index is 12.1. The molecule has 0 radical (unpaired) electrons. The predicted molar refractivity (Wildman–Crippen MR) is 75.5 cm³/mol. The number of carbonyl (C=O) groups is 2. The molecule has 5 heteroatoms. The van der Waals surface area contributed by atoms with E-state index in [1.165, 1.54) is 11.3 Å². The van der Waals surface area contributed by atoms with Crippen molar-refractivity contribution >= 4 is 28.2 Å². The van der Waals surface area contributed by atoms with Crippen molar-refractivity contribution in [3.8, 4) is 0 Å². The second-order valence-electron chi connectivity index (χ2n) is 4.45. The lowest BCUT2D eigenvalue weighted by molar-refractivity contribution is -0.119. The van der Waals surface area contributed by atoms with Crippen molar-refractivity contribution in [1.82, 2.24) is 0 Å². The van der Waals surface area contributed by atoms with E-state index in [0.29, 0.717) is 17.2 Å². The first-order valence-corrected chi connectivity index (χ1v) is 7.17. The number of hydrogen-bond donors (Lipinski definition) is 1. The van der Waals surface area contributed by atoms with E-state index in [1.54, 1.807) is 13.0 Å². The highest BCUT2D eigenvalue weighted by molar-refractivity contribution is 7.16. The molecule has 0 unspecified atom stereocenters. The van der Waals surface area contributed by atoms with Gasteiger partial charge in [0.2, 0.25) is 5.91 Å². The smallest absolute Gasteiger partial charge is 0.341 e. The van der Waals surface area contributed by atoms with Gasteiger partial charge >= 0.3 is 5.97 Å². The van der Waals surface area contributed by atoms with Crippen LogP contribution in [0.2, 0.25) is 0 Å². The van der Waals surface area contributed by atoms with Gasteiger partial charge in [-0.2, -0.15) is 0 Å². The molecule has 1 heterocycles. The molecular weight excluding hydrogens is 262 g/mol. The van der Waals surface area contributed by atoms with Crippen molar-refractivity contribution in [3.63, 3.8) is 0 Å². The van der Waals surface area contributed by atoms with Crippen molar-refractivity contribution < 1.29 is 14.3 Å². The molecule has 1 amide bonds. The third-order valence-corrected chi connectivity index (χ3v) is 3.93. The molecule has 1 aliphatic rings. The SMILES string of the molecule is CCOC(=O)c1cc(C)sc1NC(=O)C1CC=CC1. The maximum Gasteiger partial charge on any atom is 0.341 e. The number of esters is 1. The number of aryl methyl sites for hydroxylation is 1. The van der Waals surface area contributed by atoms with Gasteiger partial charge in [0, 0.05) is 10.8 Å². The summed E-state index contributed by atoms with van der Waals surface area (Å²) in [5, 5.41) is 3.44. The molecule has 0 atom stereocenters. The summed E-state index contributed by atoms with van der Waals surface area (Å²) < 4.78 is 4.99. The lowest BCUT2D eigenvalue weighted by atomic mass is 10.1. The molecule has 0 fully saturated rings. The Labute approximate surface area is 116 Å². The minimum absolute atomic E-state index is 0.0162. The number of hydrogen-bond acceptors (Lipinski definition) is 4. The van der Waals surface area contributed by atoms with Crippen LogP contribution in [0.1, 0.15) is 35.0 Å². The van der Waals surface area contributed by atoms with Crippen LogP contribution in [0.5, 0.6) is 0 Å². The Bertz CT molecular complexity index is 511. The minimum atomic E-state index is -0.383. The van der Waals surface area contributed by atoms with E-state index in [9.17, 15) is 9.59 Å². The number of anilines is 1. The fraction of sp³-hybridized carbons (Fsp3) is 0.429. The van der Waals surface area contributed by atoms with Crippen molar-refractivity contribution in [1.29, 1.82) is 0 Å². The van der Waals surface area contributed by atoms with Crippen LogP contribution < -0.4 is 5.32 Å². The van der Waals surface area contributed by atoms with Crippen LogP contribution in [0.25, 0.3) is 0 Å². The van der Waals surface area contributed by atoms with E-state index in [4.69, 9.17) is 4.74 Å². The first kappa shape index (κ1) is 13.8. The summed E-state index contributed by atoms with van der Waals surface area (Å²) in [6, 6.07) is 1.76. The standard InChI is InChI=1S/C14H17NO3S/c1-3-18-14(17)11-8-9(2)19-13(11)15-12(16)10-6-4-5-7-10/h4-5,8,10H,3,6-7H2,1-2H3,(H,15,16). The third kappa shape index (κ3) is 3.23. The fourth-order valence-corrected chi connectivity index (χ4v) is 2.92.